The minimum Gasteiger partial charge on any atom is -0.508 e. The Balaban J connectivity index is 0.00000242. The van der Waals surface area contributed by atoms with E-state index in [-0.39, 0.29) is 13.4 Å². The summed E-state index contributed by atoms with van der Waals surface area (Å²) in [6.07, 6.45) is 0.771. The van der Waals surface area contributed by atoms with Gasteiger partial charge in [-0.25, -0.2) is 4.79 Å². The monoisotopic (exact) mass is 301 g/mol. The Labute approximate surface area is 131 Å². The van der Waals surface area contributed by atoms with Crippen molar-refractivity contribution in [3.8, 4) is 5.75 Å². The minimum atomic E-state index is -0.325. The number of carbonyl (C=O) groups is 1. The van der Waals surface area contributed by atoms with Crippen molar-refractivity contribution in [2.24, 2.45) is 0 Å². The lowest BCUT2D eigenvalue weighted by molar-refractivity contribution is 0.0600. The number of methoxy groups -OCH3 is 1. The Morgan fingerprint density at radius 2 is 1.82 bits per heavy atom. The molecule has 0 aromatic heterocycles. The van der Waals surface area contributed by atoms with E-state index in [2.05, 4.69) is 10.1 Å². The number of para-hydroxylation sites is 1. The van der Waals surface area contributed by atoms with Crippen LogP contribution < -0.4 is 5.32 Å². The summed E-state index contributed by atoms with van der Waals surface area (Å²) in [6, 6.07) is 14.7. The van der Waals surface area contributed by atoms with Gasteiger partial charge in [-0.1, -0.05) is 37.8 Å². The maximum absolute atomic E-state index is 11.3. The Kier molecular flexibility index (Phi) is 7.13. The average Bonchev–Trinajstić information content (AvgIpc) is 2.53. The summed E-state index contributed by atoms with van der Waals surface area (Å²) in [7, 11) is 1.37. The molecule has 0 fully saturated rings. The zero-order chi connectivity index (χ0) is 15.1. The van der Waals surface area contributed by atoms with Crippen LogP contribution in [0.5, 0.6) is 5.75 Å². The van der Waals surface area contributed by atoms with Crippen LogP contribution >= 0.6 is 0 Å². The van der Waals surface area contributed by atoms with Crippen LogP contribution in [0.2, 0.25) is 0 Å². The van der Waals surface area contributed by atoms with Crippen LogP contribution in [0.25, 0.3) is 0 Å². The lowest BCUT2D eigenvalue weighted by Crippen LogP contribution is -2.16. The number of rotatable bonds is 6. The van der Waals surface area contributed by atoms with Crippen molar-refractivity contribution in [1.29, 1.82) is 0 Å². The fourth-order valence-electron chi connectivity index (χ4n) is 2.05. The van der Waals surface area contributed by atoms with E-state index in [4.69, 9.17) is 0 Å². The van der Waals surface area contributed by atoms with Gasteiger partial charge in [-0.15, -0.1) is 0 Å². The first-order chi connectivity index (χ1) is 10.2. The van der Waals surface area contributed by atoms with E-state index in [9.17, 15) is 9.90 Å². The molecule has 2 N–H and O–H groups in total. The smallest absolute Gasteiger partial charge is 0.337 e. The highest BCUT2D eigenvalue weighted by molar-refractivity contribution is 5.89. The molecule has 2 aromatic rings. The van der Waals surface area contributed by atoms with Crippen molar-refractivity contribution < 1.29 is 14.6 Å². The molecule has 0 aliphatic carbocycles. The number of phenolic OH excluding ortho intramolecular Hbond substituents is 1. The van der Waals surface area contributed by atoms with Gasteiger partial charge in [0.25, 0.3) is 0 Å². The normalized spacial score (nSPS) is 9.86. The lowest BCUT2D eigenvalue weighted by Gasteiger charge is -2.07. The van der Waals surface area contributed by atoms with Gasteiger partial charge in [0.1, 0.15) is 5.75 Å². The van der Waals surface area contributed by atoms with Crippen molar-refractivity contribution in [3.05, 3.63) is 65.2 Å². The lowest BCUT2D eigenvalue weighted by atomic mass is 10.1. The molecule has 0 unspecified atom stereocenters. The molecular weight excluding hydrogens is 278 g/mol. The molecule has 0 amide bonds. The molecule has 2 aromatic carbocycles. The Bertz CT molecular complexity index is 594. The maximum Gasteiger partial charge on any atom is 0.337 e. The molecule has 0 saturated heterocycles. The molecule has 22 heavy (non-hydrogen) atoms. The highest BCUT2D eigenvalue weighted by Crippen LogP contribution is 2.15. The molecule has 0 saturated carbocycles. The number of hydrogen-bond acceptors (Lipinski definition) is 4. The Hall–Kier alpha value is -2.33. The molecule has 118 valence electrons. The zero-order valence-electron chi connectivity index (χ0n) is 12.0. The van der Waals surface area contributed by atoms with E-state index in [0.717, 1.165) is 30.6 Å². The topological polar surface area (TPSA) is 58.6 Å². The number of esters is 1. The van der Waals surface area contributed by atoms with Crippen LogP contribution in [0.4, 0.5) is 0 Å². The van der Waals surface area contributed by atoms with Gasteiger partial charge in [0, 0.05) is 6.54 Å². The van der Waals surface area contributed by atoms with Crippen LogP contribution in [0.3, 0.4) is 0 Å². The van der Waals surface area contributed by atoms with Gasteiger partial charge in [0.05, 0.1) is 12.7 Å². The quantitative estimate of drug-likeness (QED) is 0.635. The molecule has 4 nitrogen and oxygen atoms in total. The van der Waals surface area contributed by atoms with Crippen LogP contribution in [0, 0.1) is 0 Å². The third-order valence-corrected chi connectivity index (χ3v) is 3.27. The highest BCUT2D eigenvalue weighted by atomic mass is 16.5. The molecule has 0 bridgehead atoms. The number of benzene rings is 2. The number of carbonyl (C=O) groups excluding carboxylic acids is 1. The SMILES string of the molecule is C.COC(=O)c1ccc(CNCCc2ccccc2O)cc1. The first-order valence-electron chi connectivity index (χ1n) is 6.85. The van der Waals surface area contributed by atoms with Crippen LogP contribution in [-0.4, -0.2) is 24.7 Å². The van der Waals surface area contributed by atoms with Gasteiger partial charge in [0.2, 0.25) is 0 Å². The van der Waals surface area contributed by atoms with Gasteiger partial charge in [-0.3, -0.25) is 0 Å². The summed E-state index contributed by atoms with van der Waals surface area (Å²) in [5.41, 5.74) is 2.58. The second kappa shape index (κ2) is 8.85. The maximum atomic E-state index is 11.3. The van der Waals surface area contributed by atoms with E-state index < -0.39 is 0 Å². The number of phenols is 1. The molecular formula is C18H23NO3. The summed E-state index contributed by atoms with van der Waals surface area (Å²) in [5, 5.41) is 13.0. The summed E-state index contributed by atoms with van der Waals surface area (Å²) < 4.78 is 4.66. The summed E-state index contributed by atoms with van der Waals surface area (Å²) in [5.74, 6) is 0.00999. The number of ether oxygens (including phenoxy) is 1. The van der Waals surface area contributed by atoms with Gasteiger partial charge < -0.3 is 15.2 Å². The van der Waals surface area contributed by atoms with E-state index >= 15 is 0 Å². The fraction of sp³-hybridized carbons (Fsp3) is 0.278. The third kappa shape index (κ3) is 4.90. The van der Waals surface area contributed by atoms with Crippen molar-refractivity contribution in [2.45, 2.75) is 20.4 Å². The summed E-state index contributed by atoms with van der Waals surface area (Å²) in [4.78, 5) is 11.3. The standard InChI is InChI=1S/C17H19NO3.CH4/c1-21-17(20)15-8-6-13(7-9-15)12-18-11-10-14-4-2-3-5-16(14)19;/h2-9,18-19H,10-12H2,1H3;1H4. The largest absolute Gasteiger partial charge is 0.508 e. The second-order valence-corrected chi connectivity index (χ2v) is 4.74. The predicted octanol–water partition coefficient (Wildman–Crippen LogP) is 3.15. The van der Waals surface area contributed by atoms with Gasteiger partial charge in [-0.2, -0.15) is 0 Å². The van der Waals surface area contributed by atoms with E-state index in [1.165, 1.54) is 7.11 Å². The first kappa shape index (κ1) is 17.7. The first-order valence-corrected chi connectivity index (χ1v) is 6.85. The molecule has 0 atom stereocenters. The molecule has 4 heteroatoms. The molecule has 0 spiro atoms. The molecule has 2 rings (SSSR count). The number of aromatic hydroxyl groups is 1. The fourth-order valence-corrected chi connectivity index (χ4v) is 2.05. The van der Waals surface area contributed by atoms with Crippen LogP contribution in [0.1, 0.15) is 28.9 Å². The number of hydrogen-bond donors (Lipinski definition) is 2. The van der Waals surface area contributed by atoms with Crippen molar-refractivity contribution in [3.63, 3.8) is 0 Å². The van der Waals surface area contributed by atoms with Crippen LogP contribution in [0.15, 0.2) is 48.5 Å². The highest BCUT2D eigenvalue weighted by Gasteiger charge is 2.04. The van der Waals surface area contributed by atoms with E-state index in [1.807, 2.05) is 30.3 Å². The molecule has 0 aliphatic heterocycles. The summed E-state index contributed by atoms with van der Waals surface area (Å²) >= 11 is 0. The molecule has 0 heterocycles. The van der Waals surface area contributed by atoms with Crippen molar-refractivity contribution in [2.75, 3.05) is 13.7 Å². The number of nitrogens with one attached hydrogen (secondary N) is 1. The van der Waals surface area contributed by atoms with Crippen LogP contribution in [-0.2, 0) is 17.7 Å². The Morgan fingerprint density at radius 1 is 1.14 bits per heavy atom. The van der Waals surface area contributed by atoms with E-state index in [0.29, 0.717) is 11.3 Å². The zero-order valence-corrected chi connectivity index (χ0v) is 12.0. The third-order valence-electron chi connectivity index (χ3n) is 3.27. The van der Waals surface area contributed by atoms with Gasteiger partial charge in [0.15, 0.2) is 0 Å². The van der Waals surface area contributed by atoms with Crippen molar-refractivity contribution in [1.82, 2.24) is 5.32 Å². The minimum absolute atomic E-state index is 0. The predicted molar refractivity (Wildman–Crippen MR) is 88.0 cm³/mol. The second-order valence-electron chi connectivity index (χ2n) is 4.74. The molecule has 0 aliphatic rings. The Morgan fingerprint density at radius 3 is 2.45 bits per heavy atom. The van der Waals surface area contributed by atoms with Gasteiger partial charge in [-0.05, 0) is 42.3 Å². The molecule has 0 radical (unpaired) electrons. The summed E-state index contributed by atoms with van der Waals surface area (Å²) in [6.45, 7) is 1.49. The van der Waals surface area contributed by atoms with E-state index in [1.54, 1.807) is 18.2 Å². The average molecular weight is 301 g/mol. The van der Waals surface area contributed by atoms with Gasteiger partial charge >= 0.3 is 5.97 Å². The van der Waals surface area contributed by atoms with Crippen molar-refractivity contribution >= 4 is 5.97 Å².